The van der Waals surface area contributed by atoms with Gasteiger partial charge in [0.05, 0.1) is 0 Å². The largest absolute Gasteiger partial charge is 0.382 e. The predicted molar refractivity (Wildman–Crippen MR) is 82.2 cm³/mol. The van der Waals surface area contributed by atoms with Crippen LogP contribution in [0.25, 0.3) is 0 Å². The Balaban J connectivity index is 1.71. The number of rotatable bonds is 3. The number of nitrogens with one attached hydrogen (secondary N) is 1. The lowest BCUT2D eigenvalue weighted by Crippen LogP contribution is -2.37. The van der Waals surface area contributed by atoms with E-state index in [-0.39, 0.29) is 0 Å². The normalized spacial score (nSPS) is 42.3. The van der Waals surface area contributed by atoms with Gasteiger partial charge in [-0.1, -0.05) is 39.0 Å². The maximum absolute atomic E-state index is 3.72. The van der Waals surface area contributed by atoms with Gasteiger partial charge < -0.3 is 5.32 Å². The molecule has 0 aromatic heterocycles. The predicted octanol–water partition coefficient (Wildman–Crippen LogP) is 4.81. The summed E-state index contributed by atoms with van der Waals surface area (Å²) in [6.07, 6.45) is 2.85. The third kappa shape index (κ3) is 2.07. The Morgan fingerprint density at radius 2 is 1.84 bits per heavy atom. The van der Waals surface area contributed by atoms with E-state index in [1.807, 2.05) is 0 Å². The summed E-state index contributed by atoms with van der Waals surface area (Å²) >= 11 is 0. The molecule has 1 nitrogen and oxygen atoms in total. The second-order valence-electron chi connectivity index (χ2n) is 7.34. The topological polar surface area (TPSA) is 12.0 Å². The highest BCUT2D eigenvalue weighted by Gasteiger charge is 2.56. The van der Waals surface area contributed by atoms with Gasteiger partial charge in [0, 0.05) is 11.7 Å². The summed E-state index contributed by atoms with van der Waals surface area (Å²) in [5, 5.41) is 3.72. The zero-order chi connectivity index (χ0) is 13.6. The molecule has 3 rings (SSSR count). The van der Waals surface area contributed by atoms with Gasteiger partial charge in [0.15, 0.2) is 0 Å². The van der Waals surface area contributed by atoms with Crippen molar-refractivity contribution in [2.75, 3.05) is 5.32 Å². The third-order valence-corrected chi connectivity index (χ3v) is 6.33. The average molecular weight is 257 g/mol. The molecule has 1 aromatic rings. The fraction of sp³-hybridized carbons (Fsp3) is 0.667. The van der Waals surface area contributed by atoms with Crippen molar-refractivity contribution in [3.63, 3.8) is 0 Å². The van der Waals surface area contributed by atoms with Crippen LogP contribution in [0.5, 0.6) is 0 Å². The number of fused-ring (bicyclic) bond motifs is 2. The van der Waals surface area contributed by atoms with E-state index in [4.69, 9.17) is 0 Å². The van der Waals surface area contributed by atoms with Gasteiger partial charge in [0.25, 0.3) is 0 Å². The molecule has 2 bridgehead atoms. The Labute approximate surface area is 117 Å². The summed E-state index contributed by atoms with van der Waals surface area (Å²) in [5.74, 6) is 3.56. The molecular weight excluding hydrogens is 230 g/mol. The van der Waals surface area contributed by atoms with Gasteiger partial charge in [-0.05, 0) is 61.0 Å². The van der Waals surface area contributed by atoms with Gasteiger partial charge in [0.2, 0.25) is 0 Å². The van der Waals surface area contributed by atoms with E-state index < -0.39 is 0 Å². The smallest absolute Gasteiger partial charge is 0.0342 e. The van der Waals surface area contributed by atoms with Crippen molar-refractivity contribution in [2.24, 2.45) is 29.1 Å². The first kappa shape index (κ1) is 13.0. The van der Waals surface area contributed by atoms with Crippen LogP contribution in [0.3, 0.4) is 0 Å². The Hall–Kier alpha value is -0.980. The molecule has 0 heterocycles. The summed E-state index contributed by atoms with van der Waals surface area (Å²) in [4.78, 5) is 0. The number of para-hydroxylation sites is 1. The molecule has 0 spiro atoms. The molecular formula is C18H27N. The van der Waals surface area contributed by atoms with E-state index in [1.165, 1.54) is 18.5 Å². The van der Waals surface area contributed by atoms with Crippen LogP contribution in [0.2, 0.25) is 0 Å². The lowest BCUT2D eigenvalue weighted by atomic mass is 9.68. The van der Waals surface area contributed by atoms with Crippen LogP contribution in [-0.2, 0) is 0 Å². The summed E-state index contributed by atoms with van der Waals surface area (Å²) < 4.78 is 0. The van der Waals surface area contributed by atoms with E-state index in [0.29, 0.717) is 11.5 Å². The molecule has 2 aliphatic rings. The molecule has 0 radical (unpaired) electrons. The lowest BCUT2D eigenvalue weighted by molar-refractivity contribution is 0.121. The minimum Gasteiger partial charge on any atom is -0.382 e. The van der Waals surface area contributed by atoms with E-state index in [2.05, 4.69) is 63.3 Å². The Morgan fingerprint density at radius 1 is 1.16 bits per heavy atom. The third-order valence-electron chi connectivity index (χ3n) is 6.33. The van der Waals surface area contributed by atoms with Crippen molar-refractivity contribution < 1.29 is 0 Å². The first-order valence-electron chi connectivity index (χ1n) is 7.83. The molecule has 19 heavy (non-hydrogen) atoms. The highest BCUT2D eigenvalue weighted by Crippen LogP contribution is 2.63. The molecule has 1 aromatic carbocycles. The van der Waals surface area contributed by atoms with Crippen molar-refractivity contribution in [3.8, 4) is 0 Å². The molecule has 104 valence electrons. The van der Waals surface area contributed by atoms with Gasteiger partial charge in [-0.2, -0.15) is 0 Å². The standard InChI is InChI=1S/C18H27N/c1-12-13(2)18(4)10-16(12)17(11-18)14(3)19-15-8-6-5-7-9-15/h5-9,12-14,16-17,19H,10-11H2,1-4H3. The molecule has 2 saturated carbocycles. The van der Waals surface area contributed by atoms with Gasteiger partial charge in [-0.3, -0.25) is 0 Å². The van der Waals surface area contributed by atoms with Gasteiger partial charge >= 0.3 is 0 Å². The monoisotopic (exact) mass is 257 g/mol. The van der Waals surface area contributed by atoms with Crippen LogP contribution < -0.4 is 5.32 Å². The Kier molecular flexibility index (Phi) is 3.11. The zero-order valence-corrected chi connectivity index (χ0v) is 12.7. The second-order valence-corrected chi connectivity index (χ2v) is 7.34. The summed E-state index contributed by atoms with van der Waals surface area (Å²) in [7, 11) is 0. The van der Waals surface area contributed by atoms with E-state index in [9.17, 15) is 0 Å². The maximum atomic E-state index is 3.72. The fourth-order valence-corrected chi connectivity index (χ4v) is 4.87. The zero-order valence-electron chi connectivity index (χ0n) is 12.7. The van der Waals surface area contributed by atoms with Crippen LogP contribution in [0.1, 0.15) is 40.5 Å². The van der Waals surface area contributed by atoms with Crippen molar-refractivity contribution >= 4 is 5.69 Å². The molecule has 0 amide bonds. The van der Waals surface area contributed by atoms with Crippen molar-refractivity contribution in [2.45, 2.75) is 46.6 Å². The lowest BCUT2D eigenvalue weighted by Gasteiger charge is -2.40. The SMILES string of the molecule is CC(Nc1ccccc1)C1CC2(C)CC1C(C)C2C. The first-order chi connectivity index (χ1) is 9.01. The Bertz CT molecular complexity index is 440. The number of benzene rings is 1. The molecule has 2 fully saturated rings. The fourth-order valence-electron chi connectivity index (χ4n) is 4.87. The molecule has 0 saturated heterocycles. The maximum Gasteiger partial charge on any atom is 0.0342 e. The minimum atomic E-state index is 0.587. The van der Waals surface area contributed by atoms with Crippen LogP contribution in [0, 0.1) is 29.1 Å². The van der Waals surface area contributed by atoms with E-state index >= 15 is 0 Å². The van der Waals surface area contributed by atoms with E-state index in [0.717, 1.165) is 23.7 Å². The van der Waals surface area contributed by atoms with Gasteiger partial charge in [-0.15, -0.1) is 0 Å². The van der Waals surface area contributed by atoms with Gasteiger partial charge in [-0.25, -0.2) is 0 Å². The minimum absolute atomic E-state index is 0.587. The highest BCUT2D eigenvalue weighted by molar-refractivity contribution is 5.43. The van der Waals surface area contributed by atoms with Crippen LogP contribution in [-0.4, -0.2) is 6.04 Å². The van der Waals surface area contributed by atoms with Crippen molar-refractivity contribution in [3.05, 3.63) is 30.3 Å². The average Bonchev–Trinajstić information content (AvgIpc) is 2.86. The van der Waals surface area contributed by atoms with Gasteiger partial charge in [0.1, 0.15) is 0 Å². The van der Waals surface area contributed by atoms with Crippen molar-refractivity contribution in [1.29, 1.82) is 0 Å². The second kappa shape index (κ2) is 4.54. The summed E-state index contributed by atoms with van der Waals surface area (Å²) in [6, 6.07) is 11.3. The van der Waals surface area contributed by atoms with Crippen molar-refractivity contribution in [1.82, 2.24) is 0 Å². The molecule has 1 heteroatoms. The van der Waals surface area contributed by atoms with E-state index in [1.54, 1.807) is 0 Å². The number of hydrogen-bond donors (Lipinski definition) is 1. The molecule has 1 N–H and O–H groups in total. The summed E-state index contributed by atoms with van der Waals surface area (Å²) in [6.45, 7) is 9.83. The van der Waals surface area contributed by atoms with Crippen LogP contribution in [0.4, 0.5) is 5.69 Å². The molecule has 6 atom stereocenters. The quantitative estimate of drug-likeness (QED) is 0.819. The first-order valence-corrected chi connectivity index (χ1v) is 7.83. The number of hydrogen-bond acceptors (Lipinski definition) is 1. The molecule has 2 aliphatic carbocycles. The Morgan fingerprint density at radius 3 is 2.42 bits per heavy atom. The molecule has 6 unspecified atom stereocenters. The molecule has 0 aliphatic heterocycles. The number of anilines is 1. The van der Waals surface area contributed by atoms with Crippen LogP contribution >= 0.6 is 0 Å². The summed E-state index contributed by atoms with van der Waals surface area (Å²) in [5.41, 5.74) is 1.87. The van der Waals surface area contributed by atoms with Crippen LogP contribution in [0.15, 0.2) is 30.3 Å². The highest BCUT2D eigenvalue weighted by atomic mass is 14.9.